The van der Waals surface area contributed by atoms with E-state index in [2.05, 4.69) is 30.5 Å². The number of aromatic nitrogens is 3. The molecule has 2 amide bonds. The van der Waals surface area contributed by atoms with Crippen LogP contribution in [0.3, 0.4) is 0 Å². The highest BCUT2D eigenvalue weighted by molar-refractivity contribution is 5.74. The van der Waals surface area contributed by atoms with Gasteiger partial charge < -0.3 is 15.5 Å². The van der Waals surface area contributed by atoms with Gasteiger partial charge in [-0.3, -0.25) is 4.98 Å². The van der Waals surface area contributed by atoms with E-state index in [9.17, 15) is 4.79 Å². The average Bonchev–Trinajstić information content (AvgIpc) is 2.64. The third-order valence-corrected chi connectivity index (χ3v) is 4.20. The fraction of sp³-hybridized carbons (Fsp3) is 0.412. The molecular weight excluding hydrogens is 304 g/mol. The standard InChI is InChI=1S/C17H22N6O/c1-13(14-4-2-7-18-12-14)21-17(24)22-15-5-10-23(11-6-15)16-19-8-3-9-20-16/h2-4,7-9,12-13,15H,5-6,10-11H2,1H3,(H2,21,22,24). The van der Waals surface area contributed by atoms with E-state index in [1.165, 1.54) is 0 Å². The molecular formula is C17H22N6O. The Bertz CT molecular complexity index is 643. The van der Waals surface area contributed by atoms with Crippen molar-refractivity contribution in [2.24, 2.45) is 0 Å². The largest absolute Gasteiger partial charge is 0.341 e. The fourth-order valence-corrected chi connectivity index (χ4v) is 2.82. The summed E-state index contributed by atoms with van der Waals surface area (Å²) in [6.07, 6.45) is 8.75. The van der Waals surface area contributed by atoms with Crippen molar-refractivity contribution >= 4 is 12.0 Å². The van der Waals surface area contributed by atoms with Crippen LogP contribution in [-0.4, -0.2) is 40.1 Å². The van der Waals surface area contributed by atoms with E-state index in [1.54, 1.807) is 24.8 Å². The molecule has 7 nitrogen and oxygen atoms in total. The summed E-state index contributed by atoms with van der Waals surface area (Å²) in [6, 6.07) is 5.60. The normalized spacial score (nSPS) is 16.5. The maximum atomic E-state index is 12.2. The van der Waals surface area contributed by atoms with Crippen LogP contribution < -0.4 is 15.5 Å². The predicted octanol–water partition coefficient (Wildman–Crippen LogP) is 1.90. The number of hydrogen-bond acceptors (Lipinski definition) is 5. The van der Waals surface area contributed by atoms with Crippen LogP contribution in [0.25, 0.3) is 0 Å². The summed E-state index contributed by atoms with van der Waals surface area (Å²) in [6.45, 7) is 3.63. The smallest absolute Gasteiger partial charge is 0.315 e. The van der Waals surface area contributed by atoms with Gasteiger partial charge in [-0.25, -0.2) is 14.8 Å². The Balaban J connectivity index is 1.45. The van der Waals surface area contributed by atoms with Gasteiger partial charge in [0.2, 0.25) is 5.95 Å². The molecule has 126 valence electrons. The van der Waals surface area contributed by atoms with Crippen molar-refractivity contribution in [3.63, 3.8) is 0 Å². The summed E-state index contributed by atoms with van der Waals surface area (Å²) in [7, 11) is 0. The van der Waals surface area contributed by atoms with Crippen LogP contribution >= 0.6 is 0 Å². The van der Waals surface area contributed by atoms with E-state index in [0.717, 1.165) is 37.4 Å². The lowest BCUT2D eigenvalue weighted by molar-refractivity contribution is 0.231. The van der Waals surface area contributed by atoms with Crippen molar-refractivity contribution in [1.82, 2.24) is 25.6 Å². The van der Waals surface area contributed by atoms with Gasteiger partial charge in [0.25, 0.3) is 0 Å². The van der Waals surface area contributed by atoms with Gasteiger partial charge in [-0.05, 0) is 37.5 Å². The molecule has 1 unspecified atom stereocenters. The minimum Gasteiger partial charge on any atom is -0.341 e. The van der Waals surface area contributed by atoms with Crippen molar-refractivity contribution in [1.29, 1.82) is 0 Å². The van der Waals surface area contributed by atoms with Crippen LogP contribution in [0.1, 0.15) is 31.4 Å². The van der Waals surface area contributed by atoms with Gasteiger partial charge >= 0.3 is 6.03 Å². The quantitative estimate of drug-likeness (QED) is 0.896. The highest BCUT2D eigenvalue weighted by atomic mass is 16.2. The van der Waals surface area contributed by atoms with Gasteiger partial charge in [-0.2, -0.15) is 0 Å². The van der Waals surface area contributed by atoms with Gasteiger partial charge in [0.15, 0.2) is 0 Å². The first kappa shape index (κ1) is 16.2. The SMILES string of the molecule is CC(NC(=O)NC1CCN(c2ncccn2)CC1)c1cccnc1. The number of amides is 2. The van der Waals surface area contributed by atoms with Crippen LogP contribution in [0.15, 0.2) is 43.0 Å². The molecule has 1 aliphatic rings. The molecule has 0 aromatic carbocycles. The van der Waals surface area contributed by atoms with E-state index < -0.39 is 0 Å². The number of nitrogens with one attached hydrogen (secondary N) is 2. The monoisotopic (exact) mass is 326 g/mol. The summed E-state index contributed by atoms with van der Waals surface area (Å²) >= 11 is 0. The van der Waals surface area contributed by atoms with Crippen molar-refractivity contribution in [3.8, 4) is 0 Å². The summed E-state index contributed by atoms with van der Waals surface area (Å²) in [4.78, 5) is 26.9. The summed E-state index contributed by atoms with van der Waals surface area (Å²) < 4.78 is 0. The molecule has 0 spiro atoms. The van der Waals surface area contributed by atoms with Gasteiger partial charge in [-0.1, -0.05) is 6.07 Å². The first-order valence-electron chi connectivity index (χ1n) is 8.21. The Morgan fingerprint density at radius 1 is 1.21 bits per heavy atom. The van der Waals surface area contributed by atoms with Crippen molar-refractivity contribution in [2.45, 2.75) is 31.8 Å². The van der Waals surface area contributed by atoms with Crippen molar-refractivity contribution in [3.05, 3.63) is 48.5 Å². The molecule has 2 aromatic heterocycles. The second-order valence-electron chi connectivity index (χ2n) is 5.94. The van der Waals surface area contributed by atoms with Crippen molar-refractivity contribution < 1.29 is 4.79 Å². The van der Waals surface area contributed by atoms with Gasteiger partial charge in [0.05, 0.1) is 6.04 Å². The zero-order valence-corrected chi connectivity index (χ0v) is 13.7. The van der Waals surface area contributed by atoms with E-state index >= 15 is 0 Å². The lowest BCUT2D eigenvalue weighted by Crippen LogP contribution is -2.48. The van der Waals surface area contributed by atoms with E-state index in [-0.39, 0.29) is 18.1 Å². The maximum Gasteiger partial charge on any atom is 0.315 e. The molecule has 0 radical (unpaired) electrons. The highest BCUT2D eigenvalue weighted by Gasteiger charge is 2.22. The van der Waals surface area contributed by atoms with Crippen LogP contribution in [0.4, 0.5) is 10.7 Å². The molecule has 1 fully saturated rings. The number of hydrogen-bond donors (Lipinski definition) is 2. The number of carbonyl (C=O) groups excluding carboxylic acids is 1. The Morgan fingerprint density at radius 3 is 2.62 bits per heavy atom. The topological polar surface area (TPSA) is 83.0 Å². The fourth-order valence-electron chi connectivity index (χ4n) is 2.82. The number of carbonyl (C=O) groups is 1. The molecule has 3 rings (SSSR count). The second kappa shape index (κ2) is 7.72. The minimum absolute atomic E-state index is 0.0727. The lowest BCUT2D eigenvalue weighted by Gasteiger charge is -2.32. The van der Waals surface area contributed by atoms with Gasteiger partial charge in [-0.15, -0.1) is 0 Å². The predicted molar refractivity (Wildman–Crippen MR) is 91.6 cm³/mol. The average molecular weight is 326 g/mol. The Hall–Kier alpha value is -2.70. The molecule has 0 aliphatic carbocycles. The molecule has 1 aliphatic heterocycles. The zero-order chi connectivity index (χ0) is 16.8. The van der Waals surface area contributed by atoms with Gasteiger partial charge in [0, 0.05) is 43.9 Å². The maximum absolute atomic E-state index is 12.2. The molecule has 1 atom stereocenters. The van der Waals surface area contributed by atoms with Crippen LogP contribution in [0.5, 0.6) is 0 Å². The first-order valence-corrected chi connectivity index (χ1v) is 8.21. The van der Waals surface area contributed by atoms with Gasteiger partial charge in [0.1, 0.15) is 0 Å². The molecule has 7 heteroatoms. The first-order chi connectivity index (χ1) is 11.7. The Morgan fingerprint density at radius 2 is 1.96 bits per heavy atom. The minimum atomic E-state index is -0.138. The number of rotatable bonds is 4. The number of pyridine rings is 1. The summed E-state index contributed by atoms with van der Waals surface area (Å²) in [5, 5.41) is 6.01. The third-order valence-electron chi connectivity index (χ3n) is 4.20. The van der Waals surface area contributed by atoms with Crippen LogP contribution in [0.2, 0.25) is 0 Å². The highest BCUT2D eigenvalue weighted by Crippen LogP contribution is 2.15. The zero-order valence-electron chi connectivity index (χ0n) is 13.7. The van der Waals surface area contributed by atoms with E-state index in [1.807, 2.05) is 25.1 Å². The number of nitrogens with zero attached hydrogens (tertiary/aromatic N) is 4. The van der Waals surface area contributed by atoms with E-state index in [4.69, 9.17) is 0 Å². The molecule has 2 aromatic rings. The van der Waals surface area contributed by atoms with Crippen LogP contribution in [0, 0.1) is 0 Å². The number of urea groups is 1. The summed E-state index contributed by atoms with van der Waals surface area (Å²) in [5.74, 6) is 0.755. The molecule has 24 heavy (non-hydrogen) atoms. The Kier molecular flexibility index (Phi) is 5.20. The van der Waals surface area contributed by atoms with Crippen molar-refractivity contribution in [2.75, 3.05) is 18.0 Å². The molecule has 0 bridgehead atoms. The summed E-state index contributed by atoms with van der Waals surface area (Å²) in [5.41, 5.74) is 0.990. The Labute approximate surface area is 141 Å². The van der Waals surface area contributed by atoms with E-state index in [0.29, 0.717) is 0 Å². The van der Waals surface area contributed by atoms with Crippen LogP contribution in [-0.2, 0) is 0 Å². The lowest BCUT2D eigenvalue weighted by atomic mass is 10.1. The third kappa shape index (κ3) is 4.18. The molecule has 1 saturated heterocycles. The number of anilines is 1. The molecule has 2 N–H and O–H groups in total. The number of piperidine rings is 1. The molecule has 3 heterocycles. The molecule has 0 saturated carbocycles. The second-order valence-corrected chi connectivity index (χ2v) is 5.94.